The van der Waals surface area contributed by atoms with Crippen LogP contribution in [0.2, 0.25) is 0 Å². The van der Waals surface area contributed by atoms with Crippen LogP contribution in [-0.4, -0.2) is 11.0 Å². The minimum Gasteiger partial charge on any atom is -0.424 e. The summed E-state index contributed by atoms with van der Waals surface area (Å²) in [5.41, 5.74) is 2.79. The summed E-state index contributed by atoms with van der Waals surface area (Å²) in [5, 5.41) is 3.30. The zero-order chi connectivity index (χ0) is 13.5. The van der Waals surface area contributed by atoms with Gasteiger partial charge in [-0.25, -0.2) is 4.39 Å². The van der Waals surface area contributed by atoms with E-state index in [0.717, 1.165) is 23.1 Å². The molecule has 3 nitrogen and oxygen atoms in total. The molecule has 0 saturated heterocycles. The highest BCUT2D eigenvalue weighted by Gasteiger charge is 2.39. The van der Waals surface area contributed by atoms with Crippen molar-refractivity contribution in [2.24, 2.45) is 0 Å². The van der Waals surface area contributed by atoms with Crippen LogP contribution >= 0.6 is 0 Å². The minimum absolute atomic E-state index is 0.196. The molecule has 4 rings (SSSR count). The molecule has 0 amide bonds. The van der Waals surface area contributed by atoms with Crippen molar-refractivity contribution in [1.29, 1.82) is 0 Å². The number of fused-ring (bicyclic) bond motifs is 1. The van der Waals surface area contributed by atoms with E-state index in [2.05, 4.69) is 10.3 Å². The average Bonchev–Trinajstić information content (AvgIpc) is 3.09. The number of halogens is 1. The summed E-state index contributed by atoms with van der Waals surface area (Å²) in [6.45, 7) is 0. The van der Waals surface area contributed by atoms with Crippen LogP contribution in [0.5, 0.6) is 0 Å². The van der Waals surface area contributed by atoms with Crippen molar-refractivity contribution in [3.63, 3.8) is 0 Å². The number of aromatic nitrogens is 1. The van der Waals surface area contributed by atoms with E-state index < -0.39 is 0 Å². The van der Waals surface area contributed by atoms with Crippen LogP contribution in [0.3, 0.4) is 0 Å². The van der Waals surface area contributed by atoms with Gasteiger partial charge in [-0.1, -0.05) is 24.3 Å². The largest absolute Gasteiger partial charge is 0.424 e. The van der Waals surface area contributed by atoms with Gasteiger partial charge < -0.3 is 9.73 Å². The Bertz CT molecular complexity index is 718. The fourth-order valence-electron chi connectivity index (χ4n) is 2.53. The van der Waals surface area contributed by atoms with Crippen molar-refractivity contribution in [3.05, 3.63) is 59.9 Å². The van der Waals surface area contributed by atoms with Crippen molar-refractivity contribution in [2.45, 2.75) is 18.4 Å². The molecule has 1 saturated carbocycles. The number of anilines is 1. The van der Waals surface area contributed by atoms with Crippen LogP contribution in [0.15, 0.2) is 52.9 Å². The maximum atomic E-state index is 12.9. The Labute approximate surface area is 115 Å². The topological polar surface area (TPSA) is 38.1 Å². The van der Waals surface area contributed by atoms with Crippen molar-refractivity contribution in [1.82, 2.24) is 4.98 Å². The summed E-state index contributed by atoms with van der Waals surface area (Å²) < 4.78 is 18.5. The van der Waals surface area contributed by atoms with Gasteiger partial charge in [0.05, 0.1) is 0 Å². The zero-order valence-corrected chi connectivity index (χ0v) is 10.7. The lowest BCUT2D eigenvalue weighted by Crippen LogP contribution is -2.04. The van der Waals surface area contributed by atoms with Gasteiger partial charge in [0.15, 0.2) is 5.58 Å². The van der Waals surface area contributed by atoms with E-state index >= 15 is 0 Å². The number of hydrogen-bond acceptors (Lipinski definition) is 3. The number of hydrogen-bond donors (Lipinski definition) is 1. The molecule has 3 aromatic rings. The molecule has 1 heterocycles. The molecule has 4 heteroatoms. The molecule has 0 spiro atoms. The summed E-state index contributed by atoms with van der Waals surface area (Å²) in [4.78, 5) is 4.40. The monoisotopic (exact) mass is 268 g/mol. The van der Waals surface area contributed by atoms with Crippen LogP contribution in [0.1, 0.15) is 17.9 Å². The van der Waals surface area contributed by atoms with Gasteiger partial charge in [0.1, 0.15) is 11.3 Å². The van der Waals surface area contributed by atoms with Crippen LogP contribution in [0.4, 0.5) is 10.4 Å². The normalized spacial score (nSPS) is 21.1. The number of para-hydroxylation sites is 2. The Hall–Kier alpha value is -2.36. The molecule has 0 aliphatic heterocycles. The number of rotatable bonds is 3. The Balaban J connectivity index is 1.49. The van der Waals surface area contributed by atoms with E-state index in [-0.39, 0.29) is 5.82 Å². The molecule has 0 radical (unpaired) electrons. The third-order valence-electron chi connectivity index (χ3n) is 3.69. The van der Waals surface area contributed by atoms with E-state index in [1.165, 1.54) is 12.1 Å². The van der Waals surface area contributed by atoms with Crippen LogP contribution in [0.25, 0.3) is 11.1 Å². The van der Waals surface area contributed by atoms with Crippen LogP contribution in [0, 0.1) is 5.82 Å². The summed E-state index contributed by atoms with van der Waals surface area (Å²) in [7, 11) is 0. The lowest BCUT2D eigenvalue weighted by atomic mass is 10.1. The van der Waals surface area contributed by atoms with Gasteiger partial charge in [0.25, 0.3) is 6.01 Å². The SMILES string of the molecule is Fc1ccc([C@@H]2C[C@H]2Nc2nc3ccccc3o2)cc1. The highest BCUT2D eigenvalue weighted by atomic mass is 19.1. The lowest BCUT2D eigenvalue weighted by molar-refractivity contribution is 0.613. The maximum absolute atomic E-state index is 12.9. The van der Waals surface area contributed by atoms with E-state index in [4.69, 9.17) is 4.42 Å². The van der Waals surface area contributed by atoms with E-state index in [0.29, 0.717) is 18.0 Å². The summed E-state index contributed by atoms with van der Waals surface area (Å²) in [6.07, 6.45) is 1.02. The molecule has 1 aliphatic rings. The molecule has 1 fully saturated rings. The Morgan fingerprint density at radius 1 is 1.10 bits per heavy atom. The first-order chi connectivity index (χ1) is 9.79. The van der Waals surface area contributed by atoms with E-state index in [1.807, 2.05) is 36.4 Å². The van der Waals surface area contributed by atoms with Crippen LogP contribution in [-0.2, 0) is 0 Å². The second kappa shape index (κ2) is 4.34. The molecule has 1 aliphatic carbocycles. The lowest BCUT2D eigenvalue weighted by Gasteiger charge is -2.01. The molecule has 2 atom stereocenters. The first kappa shape index (κ1) is 11.5. The second-order valence-electron chi connectivity index (χ2n) is 5.13. The van der Waals surface area contributed by atoms with Gasteiger partial charge >= 0.3 is 0 Å². The minimum atomic E-state index is -0.196. The first-order valence-corrected chi connectivity index (χ1v) is 6.67. The molecule has 20 heavy (non-hydrogen) atoms. The zero-order valence-electron chi connectivity index (χ0n) is 10.7. The quantitative estimate of drug-likeness (QED) is 0.782. The number of nitrogens with zero attached hydrogens (tertiary/aromatic N) is 1. The Morgan fingerprint density at radius 3 is 2.70 bits per heavy atom. The van der Waals surface area contributed by atoms with E-state index in [1.54, 1.807) is 0 Å². The maximum Gasteiger partial charge on any atom is 0.295 e. The van der Waals surface area contributed by atoms with E-state index in [9.17, 15) is 4.39 Å². The highest BCUT2D eigenvalue weighted by Crippen LogP contribution is 2.42. The summed E-state index contributed by atoms with van der Waals surface area (Å²) in [6, 6.07) is 15.2. The molecule has 1 aromatic heterocycles. The van der Waals surface area contributed by atoms with Crippen molar-refractivity contribution < 1.29 is 8.81 Å². The number of benzene rings is 2. The van der Waals surface area contributed by atoms with Crippen LogP contribution < -0.4 is 5.32 Å². The Morgan fingerprint density at radius 2 is 1.90 bits per heavy atom. The molecule has 0 bridgehead atoms. The number of oxazole rings is 1. The molecule has 0 unspecified atom stereocenters. The molecular weight excluding hydrogens is 255 g/mol. The smallest absolute Gasteiger partial charge is 0.295 e. The van der Waals surface area contributed by atoms with Gasteiger partial charge in [-0.05, 0) is 36.2 Å². The molecule has 1 N–H and O–H groups in total. The predicted molar refractivity (Wildman–Crippen MR) is 75.2 cm³/mol. The predicted octanol–water partition coefficient (Wildman–Crippen LogP) is 3.93. The molecule has 2 aromatic carbocycles. The van der Waals surface area contributed by atoms with Crippen molar-refractivity contribution in [3.8, 4) is 0 Å². The summed E-state index contributed by atoms with van der Waals surface area (Å²) in [5.74, 6) is 0.212. The van der Waals surface area contributed by atoms with Gasteiger partial charge in [0, 0.05) is 12.0 Å². The molecular formula is C16H13FN2O. The van der Waals surface area contributed by atoms with Gasteiger partial charge in [-0.15, -0.1) is 0 Å². The third kappa shape index (κ3) is 2.03. The van der Waals surface area contributed by atoms with Gasteiger partial charge in [0.2, 0.25) is 0 Å². The third-order valence-corrected chi connectivity index (χ3v) is 3.69. The summed E-state index contributed by atoms with van der Waals surface area (Å²) >= 11 is 0. The standard InChI is InChI=1S/C16H13FN2O/c17-11-7-5-10(6-8-11)12-9-14(12)19-16-18-13-3-1-2-4-15(13)20-16/h1-8,12,14H,9H2,(H,18,19)/t12-,14+/m0/s1. The Kier molecular flexibility index (Phi) is 2.49. The number of nitrogens with one attached hydrogen (secondary N) is 1. The van der Waals surface area contributed by atoms with Gasteiger partial charge in [-0.3, -0.25) is 0 Å². The van der Waals surface area contributed by atoms with Gasteiger partial charge in [-0.2, -0.15) is 4.98 Å². The fraction of sp³-hybridized carbons (Fsp3) is 0.188. The first-order valence-electron chi connectivity index (χ1n) is 6.67. The highest BCUT2D eigenvalue weighted by molar-refractivity contribution is 5.74. The van der Waals surface area contributed by atoms with Crippen molar-refractivity contribution in [2.75, 3.05) is 5.32 Å². The fourth-order valence-corrected chi connectivity index (χ4v) is 2.53. The van der Waals surface area contributed by atoms with Crippen molar-refractivity contribution >= 4 is 17.1 Å². The second-order valence-corrected chi connectivity index (χ2v) is 5.13. The average molecular weight is 268 g/mol. The molecule has 100 valence electrons.